The Kier molecular flexibility index (Phi) is 5.61. The summed E-state index contributed by atoms with van der Waals surface area (Å²) in [5.41, 5.74) is 6.48. The molecule has 1 atom stereocenters. The Hall–Kier alpha value is -1.31. The van der Waals surface area contributed by atoms with Gasteiger partial charge in [0.2, 0.25) is 10.0 Å². The maximum atomic E-state index is 12.6. The minimum Gasteiger partial charge on any atom is -0.469 e. The molecular weight excluding hydrogens is 316 g/mol. The average Bonchev–Trinajstić information content (AvgIpc) is 2.41. The number of methoxy groups -OCH3 is 1. The third kappa shape index (κ3) is 3.87. The lowest BCUT2D eigenvalue weighted by Crippen LogP contribution is -2.34. The SMILES string of the molecule is COC(=O)C(C)CN(C)S(=O)(=O)c1cc(Cl)cc(N)c1C. The Bertz CT molecular complexity index is 646. The predicted molar refractivity (Wildman–Crippen MR) is 81.6 cm³/mol. The van der Waals surface area contributed by atoms with Crippen molar-refractivity contribution < 1.29 is 17.9 Å². The number of carbonyl (C=O) groups is 1. The van der Waals surface area contributed by atoms with Crippen LogP contribution in [0.5, 0.6) is 0 Å². The van der Waals surface area contributed by atoms with E-state index in [9.17, 15) is 13.2 Å². The molecule has 1 aromatic carbocycles. The number of nitrogens with two attached hydrogens (primary N) is 1. The number of rotatable bonds is 5. The first-order valence-corrected chi connectivity index (χ1v) is 8.02. The van der Waals surface area contributed by atoms with Crippen molar-refractivity contribution in [3.8, 4) is 0 Å². The normalized spacial score (nSPS) is 13.2. The van der Waals surface area contributed by atoms with Crippen LogP contribution in [-0.4, -0.2) is 39.4 Å². The van der Waals surface area contributed by atoms with Crippen molar-refractivity contribution in [3.05, 3.63) is 22.7 Å². The van der Waals surface area contributed by atoms with E-state index in [1.807, 2.05) is 0 Å². The van der Waals surface area contributed by atoms with Crippen LogP contribution in [0, 0.1) is 12.8 Å². The van der Waals surface area contributed by atoms with Crippen LogP contribution in [0.3, 0.4) is 0 Å². The summed E-state index contributed by atoms with van der Waals surface area (Å²) in [6.45, 7) is 3.20. The van der Waals surface area contributed by atoms with Gasteiger partial charge in [-0.05, 0) is 24.6 Å². The molecular formula is C13H19ClN2O4S. The highest BCUT2D eigenvalue weighted by Crippen LogP contribution is 2.28. The fraction of sp³-hybridized carbons (Fsp3) is 0.462. The summed E-state index contributed by atoms with van der Waals surface area (Å²) in [5.74, 6) is -1.05. The Labute approximate surface area is 129 Å². The van der Waals surface area contributed by atoms with E-state index in [1.54, 1.807) is 13.8 Å². The van der Waals surface area contributed by atoms with E-state index in [1.165, 1.54) is 26.3 Å². The number of hydrogen-bond donors (Lipinski definition) is 1. The first-order valence-electron chi connectivity index (χ1n) is 6.21. The Balaban J connectivity index is 3.14. The highest BCUT2D eigenvalue weighted by molar-refractivity contribution is 7.89. The van der Waals surface area contributed by atoms with Gasteiger partial charge in [-0.25, -0.2) is 12.7 Å². The molecule has 0 saturated carbocycles. The lowest BCUT2D eigenvalue weighted by molar-refractivity contribution is -0.144. The van der Waals surface area contributed by atoms with Gasteiger partial charge in [0.1, 0.15) is 0 Å². The first-order chi connectivity index (χ1) is 9.61. The van der Waals surface area contributed by atoms with Gasteiger partial charge in [-0.1, -0.05) is 18.5 Å². The highest BCUT2D eigenvalue weighted by Gasteiger charge is 2.27. The van der Waals surface area contributed by atoms with Crippen LogP contribution in [0.4, 0.5) is 5.69 Å². The maximum absolute atomic E-state index is 12.6. The highest BCUT2D eigenvalue weighted by atomic mass is 35.5. The molecule has 1 rings (SSSR count). The summed E-state index contributed by atoms with van der Waals surface area (Å²) in [4.78, 5) is 11.4. The summed E-state index contributed by atoms with van der Waals surface area (Å²) in [7, 11) is -1.14. The van der Waals surface area contributed by atoms with Crippen LogP contribution in [0.15, 0.2) is 17.0 Å². The van der Waals surface area contributed by atoms with Crippen LogP contribution in [0.25, 0.3) is 0 Å². The number of hydrogen-bond acceptors (Lipinski definition) is 5. The smallest absolute Gasteiger partial charge is 0.309 e. The van der Waals surface area contributed by atoms with Crippen LogP contribution in [0.1, 0.15) is 12.5 Å². The number of benzene rings is 1. The number of halogens is 1. The molecule has 21 heavy (non-hydrogen) atoms. The number of nitrogens with zero attached hydrogens (tertiary/aromatic N) is 1. The van der Waals surface area contributed by atoms with E-state index in [-0.39, 0.29) is 16.5 Å². The number of ether oxygens (including phenoxy) is 1. The Morgan fingerprint density at radius 2 is 2.05 bits per heavy atom. The summed E-state index contributed by atoms with van der Waals surface area (Å²) >= 11 is 5.87. The molecule has 0 saturated heterocycles. The fourth-order valence-corrected chi connectivity index (χ4v) is 3.70. The molecule has 118 valence electrons. The second kappa shape index (κ2) is 6.64. The van der Waals surface area contributed by atoms with Gasteiger partial charge in [0.25, 0.3) is 0 Å². The van der Waals surface area contributed by atoms with Crippen molar-refractivity contribution in [3.63, 3.8) is 0 Å². The third-order valence-electron chi connectivity index (χ3n) is 3.19. The predicted octanol–water partition coefficient (Wildman–Crippen LogP) is 1.66. The van der Waals surface area contributed by atoms with Gasteiger partial charge < -0.3 is 10.5 Å². The molecule has 2 N–H and O–H groups in total. The first kappa shape index (κ1) is 17.7. The zero-order valence-corrected chi connectivity index (χ0v) is 14.0. The van der Waals surface area contributed by atoms with E-state index >= 15 is 0 Å². The van der Waals surface area contributed by atoms with Gasteiger partial charge in [0.05, 0.1) is 17.9 Å². The number of sulfonamides is 1. The molecule has 1 unspecified atom stereocenters. The van der Waals surface area contributed by atoms with Crippen molar-refractivity contribution in [2.45, 2.75) is 18.7 Å². The van der Waals surface area contributed by atoms with Gasteiger partial charge in [-0.15, -0.1) is 0 Å². The van der Waals surface area contributed by atoms with Crippen molar-refractivity contribution in [1.82, 2.24) is 4.31 Å². The zero-order chi connectivity index (χ0) is 16.4. The lowest BCUT2D eigenvalue weighted by Gasteiger charge is -2.21. The minimum absolute atomic E-state index is 0.000858. The molecule has 0 aliphatic heterocycles. The van der Waals surface area contributed by atoms with Gasteiger partial charge in [-0.3, -0.25) is 4.79 Å². The van der Waals surface area contributed by atoms with E-state index in [4.69, 9.17) is 17.3 Å². The Morgan fingerprint density at radius 1 is 1.48 bits per heavy atom. The van der Waals surface area contributed by atoms with Crippen LogP contribution < -0.4 is 5.73 Å². The quantitative estimate of drug-likeness (QED) is 0.653. The van der Waals surface area contributed by atoms with Gasteiger partial charge >= 0.3 is 5.97 Å². The molecule has 0 bridgehead atoms. The number of anilines is 1. The van der Waals surface area contributed by atoms with Crippen LogP contribution in [-0.2, 0) is 19.6 Å². The summed E-state index contributed by atoms with van der Waals surface area (Å²) < 4.78 is 30.8. The molecule has 0 fully saturated rings. The molecule has 0 aliphatic rings. The van der Waals surface area contributed by atoms with Gasteiger partial charge in [0, 0.05) is 24.3 Å². The largest absolute Gasteiger partial charge is 0.469 e. The minimum atomic E-state index is -3.79. The van der Waals surface area contributed by atoms with Crippen molar-refractivity contribution in [1.29, 1.82) is 0 Å². The standard InChI is InChI=1S/C13H19ClN2O4S/c1-8(13(17)20-4)7-16(3)21(18,19)12-6-10(14)5-11(15)9(12)2/h5-6,8H,7,15H2,1-4H3. The maximum Gasteiger partial charge on any atom is 0.309 e. The molecule has 8 heteroatoms. The van der Waals surface area contributed by atoms with Crippen molar-refractivity contribution in [2.24, 2.45) is 5.92 Å². The number of carbonyl (C=O) groups excluding carboxylic acids is 1. The molecule has 0 heterocycles. The van der Waals surface area contributed by atoms with E-state index in [2.05, 4.69) is 4.74 Å². The number of nitrogen functional groups attached to an aromatic ring is 1. The van der Waals surface area contributed by atoms with E-state index in [0.717, 1.165) is 4.31 Å². The zero-order valence-electron chi connectivity index (χ0n) is 12.4. The summed E-state index contributed by atoms with van der Waals surface area (Å²) in [5, 5.41) is 0.242. The van der Waals surface area contributed by atoms with Crippen LogP contribution >= 0.6 is 11.6 Å². The lowest BCUT2D eigenvalue weighted by atomic mass is 10.2. The second-order valence-electron chi connectivity index (χ2n) is 4.83. The molecule has 0 spiro atoms. The topological polar surface area (TPSA) is 89.7 Å². The van der Waals surface area contributed by atoms with Gasteiger partial charge in [-0.2, -0.15) is 0 Å². The fourth-order valence-electron chi connectivity index (χ4n) is 1.87. The average molecular weight is 335 g/mol. The molecule has 0 aliphatic carbocycles. The molecule has 6 nitrogen and oxygen atoms in total. The summed E-state index contributed by atoms with van der Waals surface area (Å²) in [6.07, 6.45) is 0. The van der Waals surface area contributed by atoms with E-state index < -0.39 is 21.9 Å². The Morgan fingerprint density at radius 3 is 2.57 bits per heavy atom. The van der Waals surface area contributed by atoms with Gasteiger partial charge in [0.15, 0.2) is 0 Å². The second-order valence-corrected chi connectivity index (χ2v) is 7.28. The molecule has 0 aromatic heterocycles. The van der Waals surface area contributed by atoms with E-state index in [0.29, 0.717) is 11.3 Å². The van der Waals surface area contributed by atoms with Crippen LogP contribution in [0.2, 0.25) is 5.02 Å². The monoisotopic (exact) mass is 334 g/mol. The third-order valence-corrected chi connectivity index (χ3v) is 5.36. The molecule has 0 amide bonds. The summed E-state index contributed by atoms with van der Waals surface area (Å²) in [6, 6.07) is 2.84. The molecule has 1 aromatic rings. The van der Waals surface area contributed by atoms with Crippen molar-refractivity contribution >= 4 is 33.3 Å². The molecule has 0 radical (unpaired) electrons. The van der Waals surface area contributed by atoms with Crippen molar-refractivity contribution in [2.75, 3.05) is 26.4 Å². The number of esters is 1.